The van der Waals surface area contributed by atoms with Gasteiger partial charge in [0, 0.05) is 19.1 Å². The third-order valence-electron chi connectivity index (χ3n) is 4.59. The number of nitrogens with one attached hydrogen (secondary N) is 1. The van der Waals surface area contributed by atoms with Crippen molar-refractivity contribution in [2.75, 3.05) is 26.7 Å². The third kappa shape index (κ3) is 4.26. The Hall–Kier alpha value is -0.0800. The Bertz CT molecular complexity index is 211. The molecule has 0 spiro atoms. The molecule has 2 unspecified atom stereocenters. The van der Waals surface area contributed by atoms with Crippen molar-refractivity contribution in [1.29, 1.82) is 0 Å². The first-order valence-electron chi connectivity index (χ1n) is 7.69. The largest absolute Gasteiger partial charge is 0.312 e. The maximum absolute atomic E-state index is 3.84. The highest BCUT2D eigenvalue weighted by atomic mass is 15.1. The molecule has 2 heteroatoms. The van der Waals surface area contributed by atoms with Crippen molar-refractivity contribution >= 4 is 0 Å². The van der Waals surface area contributed by atoms with Crippen LogP contribution in [0.2, 0.25) is 0 Å². The first-order chi connectivity index (χ1) is 8.28. The molecule has 2 fully saturated rings. The highest BCUT2D eigenvalue weighted by Crippen LogP contribution is 2.25. The molecule has 0 aromatic carbocycles. The van der Waals surface area contributed by atoms with Crippen LogP contribution in [0.3, 0.4) is 0 Å². The molecule has 0 radical (unpaired) electrons. The second-order valence-electron chi connectivity index (χ2n) is 6.37. The highest BCUT2D eigenvalue weighted by molar-refractivity contribution is 4.83. The molecule has 1 aliphatic carbocycles. The summed E-state index contributed by atoms with van der Waals surface area (Å²) in [6.45, 7) is 6.16. The zero-order valence-electron chi connectivity index (χ0n) is 11.8. The topological polar surface area (TPSA) is 15.3 Å². The van der Waals surface area contributed by atoms with E-state index in [1.54, 1.807) is 0 Å². The molecule has 0 aromatic rings. The van der Waals surface area contributed by atoms with Crippen molar-refractivity contribution in [3.8, 4) is 0 Å². The fourth-order valence-corrected chi connectivity index (χ4v) is 3.76. The molecule has 0 amide bonds. The van der Waals surface area contributed by atoms with Crippen molar-refractivity contribution in [3.05, 3.63) is 0 Å². The normalized spacial score (nSPS) is 32.1. The van der Waals surface area contributed by atoms with Crippen LogP contribution < -0.4 is 5.32 Å². The van der Waals surface area contributed by atoms with Gasteiger partial charge in [-0.15, -0.1) is 0 Å². The molecular formula is C15H30N2. The van der Waals surface area contributed by atoms with Crippen LogP contribution in [0.4, 0.5) is 0 Å². The van der Waals surface area contributed by atoms with E-state index in [4.69, 9.17) is 0 Å². The monoisotopic (exact) mass is 238 g/mol. The standard InChI is InChI=1S/C15H30N2/c1-3-6-14-9-15(12-17(2)11-14)16-10-13-7-4-5-8-13/h13-16H,3-12H2,1-2H3. The smallest absolute Gasteiger partial charge is 0.0198 e. The van der Waals surface area contributed by atoms with Crippen molar-refractivity contribution < 1.29 is 0 Å². The minimum atomic E-state index is 0.755. The molecule has 2 aliphatic rings. The van der Waals surface area contributed by atoms with Gasteiger partial charge in [0.25, 0.3) is 0 Å². The number of likely N-dealkylation sites (tertiary alicyclic amines) is 1. The number of hydrogen-bond donors (Lipinski definition) is 1. The first kappa shape index (κ1) is 13.4. The molecular weight excluding hydrogens is 208 g/mol. The van der Waals surface area contributed by atoms with Gasteiger partial charge in [0.2, 0.25) is 0 Å². The van der Waals surface area contributed by atoms with Crippen LogP contribution >= 0.6 is 0 Å². The predicted octanol–water partition coefficient (Wildman–Crippen LogP) is 2.89. The van der Waals surface area contributed by atoms with Crippen molar-refractivity contribution in [2.24, 2.45) is 11.8 Å². The summed E-state index contributed by atoms with van der Waals surface area (Å²) in [4.78, 5) is 2.52. The lowest BCUT2D eigenvalue weighted by Crippen LogP contribution is -2.48. The lowest BCUT2D eigenvalue weighted by molar-refractivity contribution is 0.159. The van der Waals surface area contributed by atoms with E-state index in [1.165, 1.54) is 64.6 Å². The number of piperidine rings is 1. The van der Waals surface area contributed by atoms with E-state index in [-0.39, 0.29) is 0 Å². The number of likely N-dealkylation sites (N-methyl/N-ethyl adjacent to an activating group) is 1. The van der Waals surface area contributed by atoms with E-state index in [9.17, 15) is 0 Å². The zero-order valence-corrected chi connectivity index (χ0v) is 11.8. The minimum absolute atomic E-state index is 0.755. The van der Waals surface area contributed by atoms with Gasteiger partial charge < -0.3 is 10.2 Å². The second-order valence-corrected chi connectivity index (χ2v) is 6.37. The van der Waals surface area contributed by atoms with Gasteiger partial charge in [-0.25, -0.2) is 0 Å². The molecule has 0 aromatic heterocycles. The molecule has 1 heterocycles. The molecule has 1 N–H and O–H groups in total. The summed E-state index contributed by atoms with van der Waals surface area (Å²) in [6, 6.07) is 0.755. The SMILES string of the molecule is CCCC1CC(NCC2CCCC2)CN(C)C1. The van der Waals surface area contributed by atoms with Gasteiger partial charge in [-0.1, -0.05) is 26.2 Å². The average Bonchev–Trinajstić information content (AvgIpc) is 2.79. The fraction of sp³-hybridized carbons (Fsp3) is 1.00. The summed E-state index contributed by atoms with van der Waals surface area (Å²) in [5, 5.41) is 3.84. The van der Waals surface area contributed by atoms with E-state index in [1.807, 2.05) is 0 Å². The van der Waals surface area contributed by atoms with E-state index in [0.717, 1.165) is 17.9 Å². The predicted molar refractivity (Wildman–Crippen MR) is 74.3 cm³/mol. The van der Waals surface area contributed by atoms with Gasteiger partial charge in [-0.2, -0.15) is 0 Å². The molecule has 2 nitrogen and oxygen atoms in total. The second kappa shape index (κ2) is 6.75. The Morgan fingerprint density at radius 3 is 2.59 bits per heavy atom. The van der Waals surface area contributed by atoms with Gasteiger partial charge in [0.05, 0.1) is 0 Å². The Morgan fingerprint density at radius 1 is 1.12 bits per heavy atom. The third-order valence-corrected chi connectivity index (χ3v) is 4.59. The van der Waals surface area contributed by atoms with Gasteiger partial charge in [0.15, 0.2) is 0 Å². The van der Waals surface area contributed by atoms with Crippen molar-refractivity contribution in [3.63, 3.8) is 0 Å². The molecule has 100 valence electrons. The zero-order chi connectivity index (χ0) is 12.1. The van der Waals surface area contributed by atoms with Crippen molar-refractivity contribution in [1.82, 2.24) is 10.2 Å². The van der Waals surface area contributed by atoms with Crippen LogP contribution in [-0.4, -0.2) is 37.6 Å². The average molecular weight is 238 g/mol. The molecule has 1 aliphatic heterocycles. The molecule has 2 rings (SSSR count). The van der Waals surface area contributed by atoms with Crippen LogP contribution in [-0.2, 0) is 0 Å². The maximum Gasteiger partial charge on any atom is 0.0198 e. The molecule has 1 saturated carbocycles. The Kier molecular flexibility index (Phi) is 5.30. The van der Waals surface area contributed by atoms with Gasteiger partial charge in [-0.3, -0.25) is 0 Å². The summed E-state index contributed by atoms with van der Waals surface area (Å²) in [6.07, 6.45) is 10.0. The van der Waals surface area contributed by atoms with E-state index < -0.39 is 0 Å². The molecule has 2 atom stereocenters. The van der Waals surface area contributed by atoms with Gasteiger partial charge >= 0.3 is 0 Å². The fourth-order valence-electron chi connectivity index (χ4n) is 3.76. The van der Waals surface area contributed by atoms with Gasteiger partial charge in [0.1, 0.15) is 0 Å². The highest BCUT2D eigenvalue weighted by Gasteiger charge is 2.25. The Morgan fingerprint density at radius 2 is 1.88 bits per heavy atom. The Labute approximate surface area is 107 Å². The first-order valence-corrected chi connectivity index (χ1v) is 7.69. The summed E-state index contributed by atoms with van der Waals surface area (Å²) in [5.74, 6) is 1.91. The number of rotatable bonds is 5. The summed E-state index contributed by atoms with van der Waals surface area (Å²) in [7, 11) is 2.28. The molecule has 1 saturated heterocycles. The number of hydrogen-bond acceptors (Lipinski definition) is 2. The Balaban J connectivity index is 1.71. The lowest BCUT2D eigenvalue weighted by Gasteiger charge is -2.36. The lowest BCUT2D eigenvalue weighted by atomic mass is 9.90. The van der Waals surface area contributed by atoms with E-state index in [0.29, 0.717) is 0 Å². The van der Waals surface area contributed by atoms with Crippen LogP contribution in [0.5, 0.6) is 0 Å². The summed E-state index contributed by atoms with van der Waals surface area (Å²) in [5.41, 5.74) is 0. The number of nitrogens with zero attached hydrogens (tertiary/aromatic N) is 1. The molecule has 17 heavy (non-hydrogen) atoms. The van der Waals surface area contributed by atoms with E-state index >= 15 is 0 Å². The van der Waals surface area contributed by atoms with Crippen molar-refractivity contribution in [2.45, 2.75) is 57.9 Å². The maximum atomic E-state index is 3.84. The van der Waals surface area contributed by atoms with Gasteiger partial charge in [-0.05, 0) is 51.1 Å². The van der Waals surface area contributed by atoms with E-state index in [2.05, 4.69) is 24.2 Å². The molecule has 0 bridgehead atoms. The van der Waals surface area contributed by atoms with Crippen LogP contribution in [0.25, 0.3) is 0 Å². The quantitative estimate of drug-likeness (QED) is 0.792. The van der Waals surface area contributed by atoms with Crippen LogP contribution in [0, 0.1) is 11.8 Å². The van der Waals surface area contributed by atoms with Crippen LogP contribution in [0.15, 0.2) is 0 Å². The minimum Gasteiger partial charge on any atom is -0.312 e. The summed E-state index contributed by atoms with van der Waals surface area (Å²) >= 11 is 0. The summed E-state index contributed by atoms with van der Waals surface area (Å²) < 4.78 is 0. The van der Waals surface area contributed by atoms with Crippen LogP contribution in [0.1, 0.15) is 51.9 Å².